The molecule has 4 unspecified atom stereocenters. The number of urea groups is 1. The van der Waals surface area contributed by atoms with Crippen molar-refractivity contribution in [3.8, 4) is 0 Å². The largest absolute Gasteiger partial charge is 0.481 e. The monoisotopic (exact) mass is 300 g/mol. The summed E-state index contributed by atoms with van der Waals surface area (Å²) in [6.45, 7) is 6.67. The van der Waals surface area contributed by atoms with E-state index in [2.05, 4.69) is 5.32 Å². The molecule has 0 radical (unpaired) electrons. The molecular weight excluding hydrogens is 272 g/mol. The first-order valence-corrected chi connectivity index (χ1v) is 7.77. The normalized spacial score (nSPS) is 25.2. The van der Waals surface area contributed by atoms with Crippen LogP contribution >= 0.6 is 0 Å². The zero-order valence-electron chi connectivity index (χ0n) is 13.2. The predicted molar refractivity (Wildman–Crippen MR) is 80.0 cm³/mol. The molecule has 1 fully saturated rings. The molecule has 1 rings (SSSR count). The van der Waals surface area contributed by atoms with Gasteiger partial charge < -0.3 is 20.4 Å². The second kappa shape index (κ2) is 8.22. The molecule has 3 N–H and O–H groups in total. The van der Waals surface area contributed by atoms with Gasteiger partial charge in [0, 0.05) is 19.1 Å². The van der Waals surface area contributed by atoms with Crippen molar-refractivity contribution >= 4 is 12.0 Å². The number of amides is 2. The highest BCUT2D eigenvalue weighted by Crippen LogP contribution is 2.17. The van der Waals surface area contributed by atoms with Crippen molar-refractivity contribution in [3.05, 3.63) is 0 Å². The first kappa shape index (κ1) is 17.8. The molecule has 6 nitrogen and oxygen atoms in total. The van der Waals surface area contributed by atoms with E-state index in [-0.39, 0.29) is 23.9 Å². The maximum absolute atomic E-state index is 12.1. The van der Waals surface area contributed by atoms with E-state index in [1.54, 1.807) is 11.8 Å². The lowest BCUT2D eigenvalue weighted by Crippen LogP contribution is -2.51. The van der Waals surface area contributed by atoms with Crippen molar-refractivity contribution in [1.29, 1.82) is 0 Å². The maximum Gasteiger partial charge on any atom is 0.317 e. The Hall–Kier alpha value is -1.30. The number of rotatable bonds is 6. The van der Waals surface area contributed by atoms with Gasteiger partial charge in [0.15, 0.2) is 0 Å². The van der Waals surface area contributed by atoms with Crippen molar-refractivity contribution < 1.29 is 19.8 Å². The molecule has 1 saturated heterocycles. The molecule has 6 heteroatoms. The molecule has 0 aromatic rings. The number of carboxylic acids is 1. The Bertz CT molecular complexity index is 362. The molecule has 2 amide bonds. The van der Waals surface area contributed by atoms with Crippen LogP contribution in [0.1, 0.15) is 46.5 Å². The summed E-state index contributed by atoms with van der Waals surface area (Å²) in [5, 5.41) is 21.5. The molecule has 4 atom stereocenters. The van der Waals surface area contributed by atoms with Gasteiger partial charge in [-0.25, -0.2) is 4.79 Å². The van der Waals surface area contributed by atoms with E-state index < -0.39 is 12.1 Å². The predicted octanol–water partition coefficient (Wildman–Crippen LogP) is 1.68. The minimum atomic E-state index is -0.775. The van der Waals surface area contributed by atoms with Crippen molar-refractivity contribution in [1.82, 2.24) is 10.2 Å². The second-order valence-electron chi connectivity index (χ2n) is 6.30. The molecular formula is C15H28N2O4. The summed E-state index contributed by atoms with van der Waals surface area (Å²) in [5.74, 6) is -0.876. The van der Waals surface area contributed by atoms with Gasteiger partial charge in [-0.05, 0) is 32.1 Å². The van der Waals surface area contributed by atoms with Gasteiger partial charge in [0.25, 0.3) is 0 Å². The third-order valence-electron chi connectivity index (χ3n) is 4.27. The Morgan fingerprint density at radius 2 is 2.00 bits per heavy atom. The second-order valence-corrected chi connectivity index (χ2v) is 6.30. The Balaban J connectivity index is 2.26. The Labute approximate surface area is 126 Å². The summed E-state index contributed by atoms with van der Waals surface area (Å²) >= 11 is 0. The highest BCUT2D eigenvalue weighted by molar-refractivity contribution is 5.74. The molecule has 21 heavy (non-hydrogen) atoms. The van der Waals surface area contributed by atoms with Gasteiger partial charge >= 0.3 is 12.0 Å². The van der Waals surface area contributed by atoms with E-state index in [1.807, 2.05) is 13.8 Å². The van der Waals surface area contributed by atoms with Gasteiger partial charge in [0.05, 0.1) is 12.0 Å². The van der Waals surface area contributed by atoms with Crippen LogP contribution in [0.2, 0.25) is 0 Å². The lowest BCUT2D eigenvalue weighted by molar-refractivity contribution is -0.141. The maximum atomic E-state index is 12.1. The molecule has 0 spiro atoms. The van der Waals surface area contributed by atoms with E-state index in [4.69, 9.17) is 5.11 Å². The van der Waals surface area contributed by atoms with E-state index in [9.17, 15) is 14.7 Å². The molecule has 0 bridgehead atoms. The fraction of sp³-hybridized carbons (Fsp3) is 0.867. The summed E-state index contributed by atoms with van der Waals surface area (Å²) in [4.78, 5) is 24.4. The Morgan fingerprint density at radius 1 is 1.33 bits per heavy atom. The standard InChI is InChI=1S/C15H28N2O4/c1-10-7-8-17(9-13(10)18)15(21)16-12(3)6-4-5-11(2)14(19)20/h10-13,18H,4-9H2,1-3H3,(H,16,21)(H,19,20). The van der Waals surface area contributed by atoms with E-state index in [0.717, 1.165) is 19.3 Å². The smallest absolute Gasteiger partial charge is 0.317 e. The number of β-amino-alcohol motifs (C(OH)–C–C–N with tert-alkyl or cyclic N) is 1. The van der Waals surface area contributed by atoms with Crippen molar-refractivity contribution in [2.75, 3.05) is 13.1 Å². The average Bonchev–Trinajstić information content (AvgIpc) is 2.41. The lowest BCUT2D eigenvalue weighted by Gasteiger charge is -2.34. The molecule has 0 aromatic heterocycles. The zero-order chi connectivity index (χ0) is 16.0. The molecule has 0 aromatic carbocycles. The van der Waals surface area contributed by atoms with Crippen LogP contribution in [-0.2, 0) is 4.79 Å². The van der Waals surface area contributed by atoms with E-state index >= 15 is 0 Å². The number of hydrogen-bond donors (Lipinski definition) is 3. The van der Waals surface area contributed by atoms with Gasteiger partial charge in [0.1, 0.15) is 0 Å². The molecule has 1 aliphatic rings. The van der Waals surface area contributed by atoms with Crippen molar-refractivity contribution in [3.63, 3.8) is 0 Å². The number of nitrogens with one attached hydrogen (secondary N) is 1. The number of carbonyl (C=O) groups excluding carboxylic acids is 1. The summed E-state index contributed by atoms with van der Waals surface area (Å²) in [6.07, 6.45) is 2.52. The lowest BCUT2D eigenvalue weighted by atomic mass is 9.96. The number of aliphatic carboxylic acids is 1. The number of hydrogen-bond acceptors (Lipinski definition) is 3. The molecule has 1 aliphatic heterocycles. The van der Waals surface area contributed by atoms with E-state index in [1.165, 1.54) is 0 Å². The van der Waals surface area contributed by atoms with Crippen LogP contribution in [0.15, 0.2) is 0 Å². The van der Waals surface area contributed by atoms with Crippen LogP contribution in [-0.4, -0.2) is 52.3 Å². The zero-order valence-corrected chi connectivity index (χ0v) is 13.2. The summed E-state index contributed by atoms with van der Waals surface area (Å²) in [7, 11) is 0. The fourth-order valence-electron chi connectivity index (χ4n) is 2.46. The Kier molecular flexibility index (Phi) is 6.95. The summed E-state index contributed by atoms with van der Waals surface area (Å²) in [5.41, 5.74) is 0. The number of aliphatic hydroxyl groups is 1. The molecule has 1 heterocycles. The molecule has 0 saturated carbocycles. The van der Waals surface area contributed by atoms with Gasteiger partial charge in [0.2, 0.25) is 0 Å². The molecule has 122 valence electrons. The highest BCUT2D eigenvalue weighted by Gasteiger charge is 2.27. The van der Waals surface area contributed by atoms with Gasteiger partial charge in [-0.2, -0.15) is 0 Å². The van der Waals surface area contributed by atoms with Gasteiger partial charge in [-0.3, -0.25) is 4.79 Å². The number of likely N-dealkylation sites (tertiary alicyclic amines) is 1. The SMILES string of the molecule is CC(CCCC(C)C(=O)O)NC(=O)N1CCC(C)C(O)C1. The van der Waals surface area contributed by atoms with Crippen molar-refractivity contribution in [2.24, 2.45) is 11.8 Å². The van der Waals surface area contributed by atoms with Crippen LogP contribution in [0.3, 0.4) is 0 Å². The molecule has 0 aliphatic carbocycles. The van der Waals surface area contributed by atoms with Crippen LogP contribution < -0.4 is 5.32 Å². The van der Waals surface area contributed by atoms with Crippen molar-refractivity contribution in [2.45, 2.75) is 58.6 Å². The third-order valence-corrected chi connectivity index (χ3v) is 4.27. The quantitative estimate of drug-likeness (QED) is 0.696. The number of carbonyl (C=O) groups is 2. The number of carboxylic acid groups (broad SMARTS) is 1. The first-order chi connectivity index (χ1) is 9.81. The number of nitrogens with zero attached hydrogens (tertiary/aromatic N) is 1. The average molecular weight is 300 g/mol. The van der Waals surface area contributed by atoms with Crippen LogP contribution in [0.25, 0.3) is 0 Å². The third kappa shape index (κ3) is 5.91. The minimum absolute atomic E-state index is 0.00925. The first-order valence-electron chi connectivity index (χ1n) is 7.77. The van der Waals surface area contributed by atoms with Crippen LogP contribution in [0.4, 0.5) is 4.79 Å². The fourth-order valence-corrected chi connectivity index (χ4v) is 2.46. The highest BCUT2D eigenvalue weighted by atomic mass is 16.4. The minimum Gasteiger partial charge on any atom is -0.481 e. The van der Waals surface area contributed by atoms with Gasteiger partial charge in [-0.1, -0.05) is 20.3 Å². The number of piperidine rings is 1. The summed E-state index contributed by atoms with van der Waals surface area (Å²) < 4.78 is 0. The topological polar surface area (TPSA) is 89.9 Å². The summed E-state index contributed by atoms with van der Waals surface area (Å²) in [6, 6.07) is -0.130. The van der Waals surface area contributed by atoms with E-state index in [0.29, 0.717) is 19.5 Å². The van der Waals surface area contributed by atoms with Crippen LogP contribution in [0, 0.1) is 11.8 Å². The van der Waals surface area contributed by atoms with Gasteiger partial charge in [-0.15, -0.1) is 0 Å². The van der Waals surface area contributed by atoms with Crippen LogP contribution in [0.5, 0.6) is 0 Å². The number of aliphatic hydroxyl groups excluding tert-OH is 1. The Morgan fingerprint density at radius 3 is 2.57 bits per heavy atom.